The molecule has 0 radical (unpaired) electrons. The van der Waals surface area contributed by atoms with Crippen molar-refractivity contribution in [2.75, 3.05) is 31.6 Å². The monoisotopic (exact) mass is 667 g/mol. The molecule has 15 heteroatoms. The molecule has 48 heavy (non-hydrogen) atoms. The molecule has 3 amide bonds. The summed E-state index contributed by atoms with van der Waals surface area (Å²) in [4.78, 5) is 45.2. The van der Waals surface area contributed by atoms with Crippen LogP contribution in [0.5, 0.6) is 0 Å². The minimum Gasteiger partial charge on any atom is -0.444 e. The van der Waals surface area contributed by atoms with Crippen molar-refractivity contribution in [3.8, 4) is 0 Å². The molecule has 0 atom stereocenters. The summed E-state index contributed by atoms with van der Waals surface area (Å²) in [6.45, 7) is 14.5. The second-order valence-corrected chi connectivity index (χ2v) is 13.5. The van der Waals surface area contributed by atoms with Gasteiger partial charge in [-0.25, -0.2) is 4.79 Å². The third kappa shape index (κ3) is 14.6. The number of amides is 3. The van der Waals surface area contributed by atoms with Gasteiger partial charge in [-0.3, -0.25) is 19.6 Å². The van der Waals surface area contributed by atoms with Crippen molar-refractivity contribution in [1.82, 2.24) is 20.6 Å². The minimum absolute atomic E-state index is 0.159. The molecule has 0 aromatic carbocycles. The van der Waals surface area contributed by atoms with E-state index in [0.717, 1.165) is 0 Å². The fourth-order valence-corrected chi connectivity index (χ4v) is 4.22. The fourth-order valence-electron chi connectivity index (χ4n) is 4.22. The number of alkyl carbamates (subject to hydrolysis) is 1. The Morgan fingerprint density at radius 2 is 1.40 bits per heavy atom. The first-order valence-electron chi connectivity index (χ1n) is 16.1. The SMILES string of the molecule is CC(C)(C)OC(=O)NCCOC(C)(C)CCOC(C)(C)CNC(=O)CCCC(=O)Nc1ccc(C2N=NC(c3ccccn3)N=N2)nc1. The molecule has 0 bridgehead atoms. The van der Waals surface area contributed by atoms with Gasteiger partial charge >= 0.3 is 6.09 Å². The number of rotatable bonds is 17. The van der Waals surface area contributed by atoms with Gasteiger partial charge in [0.2, 0.25) is 24.1 Å². The highest BCUT2D eigenvalue weighted by Gasteiger charge is 2.24. The lowest BCUT2D eigenvalue weighted by Crippen LogP contribution is -2.41. The normalized spacial score (nSPS) is 16.3. The summed E-state index contributed by atoms with van der Waals surface area (Å²) in [6.07, 6.45) is 2.87. The molecule has 2 aromatic heterocycles. The molecule has 0 unspecified atom stereocenters. The van der Waals surface area contributed by atoms with Crippen LogP contribution < -0.4 is 16.0 Å². The molecule has 3 N–H and O–H groups in total. The second kappa shape index (κ2) is 17.7. The molecule has 0 fully saturated rings. The average Bonchev–Trinajstić information content (AvgIpc) is 3.02. The van der Waals surface area contributed by atoms with E-state index in [1.165, 1.54) is 6.20 Å². The molecule has 3 heterocycles. The number of hydrogen-bond donors (Lipinski definition) is 3. The zero-order chi connectivity index (χ0) is 35.2. The maximum Gasteiger partial charge on any atom is 0.407 e. The van der Waals surface area contributed by atoms with Crippen molar-refractivity contribution in [1.29, 1.82) is 0 Å². The van der Waals surface area contributed by atoms with Gasteiger partial charge in [-0.15, -0.1) is 0 Å². The van der Waals surface area contributed by atoms with Gasteiger partial charge in [-0.1, -0.05) is 6.07 Å². The van der Waals surface area contributed by atoms with E-state index in [1.807, 2.05) is 66.7 Å². The van der Waals surface area contributed by atoms with Crippen LogP contribution in [0.1, 0.15) is 97.9 Å². The van der Waals surface area contributed by atoms with Crippen LogP contribution in [0, 0.1) is 0 Å². The lowest BCUT2D eigenvalue weighted by atomic mass is 10.1. The Kier molecular flexibility index (Phi) is 14.0. The van der Waals surface area contributed by atoms with Crippen LogP contribution in [0.2, 0.25) is 0 Å². The van der Waals surface area contributed by atoms with E-state index in [9.17, 15) is 14.4 Å². The van der Waals surface area contributed by atoms with Gasteiger partial charge in [0.1, 0.15) is 5.60 Å². The molecule has 0 saturated carbocycles. The van der Waals surface area contributed by atoms with E-state index in [4.69, 9.17) is 14.2 Å². The van der Waals surface area contributed by atoms with Crippen LogP contribution in [-0.2, 0) is 23.8 Å². The summed E-state index contributed by atoms with van der Waals surface area (Å²) in [5.41, 5.74) is 0.115. The highest BCUT2D eigenvalue weighted by Crippen LogP contribution is 2.29. The van der Waals surface area contributed by atoms with Crippen molar-refractivity contribution < 1.29 is 28.6 Å². The van der Waals surface area contributed by atoms with Gasteiger partial charge < -0.3 is 30.2 Å². The number of anilines is 1. The number of aromatic nitrogens is 2. The molecule has 0 saturated heterocycles. The maximum absolute atomic E-state index is 12.4. The lowest BCUT2D eigenvalue weighted by Gasteiger charge is -2.30. The third-order valence-corrected chi connectivity index (χ3v) is 6.84. The largest absolute Gasteiger partial charge is 0.444 e. The number of nitrogens with zero attached hydrogens (tertiary/aromatic N) is 6. The molecule has 3 rings (SSSR count). The summed E-state index contributed by atoms with van der Waals surface area (Å²) < 4.78 is 17.1. The Morgan fingerprint density at radius 3 is 2.00 bits per heavy atom. The van der Waals surface area contributed by atoms with Gasteiger partial charge in [0.15, 0.2) is 0 Å². The van der Waals surface area contributed by atoms with E-state index in [-0.39, 0.29) is 24.7 Å². The first kappa shape index (κ1) is 38.1. The molecule has 0 aliphatic carbocycles. The minimum atomic E-state index is -0.657. The van der Waals surface area contributed by atoms with E-state index in [2.05, 4.69) is 46.4 Å². The summed E-state index contributed by atoms with van der Waals surface area (Å²) in [5, 5.41) is 25.1. The Morgan fingerprint density at radius 1 is 0.750 bits per heavy atom. The summed E-state index contributed by atoms with van der Waals surface area (Å²) in [6, 6.07) is 8.88. The lowest BCUT2D eigenvalue weighted by molar-refractivity contribution is -0.123. The number of nitrogens with one attached hydrogen (secondary N) is 3. The first-order valence-corrected chi connectivity index (χ1v) is 16.1. The van der Waals surface area contributed by atoms with Crippen LogP contribution in [-0.4, -0.2) is 71.0 Å². The maximum atomic E-state index is 12.4. The van der Waals surface area contributed by atoms with Gasteiger partial charge in [-0.05, 0) is 85.6 Å². The van der Waals surface area contributed by atoms with Gasteiger partial charge in [0.25, 0.3) is 0 Å². The predicted molar refractivity (Wildman–Crippen MR) is 178 cm³/mol. The van der Waals surface area contributed by atoms with E-state index < -0.39 is 35.2 Å². The predicted octanol–water partition coefficient (Wildman–Crippen LogP) is 5.82. The standard InChI is InChI=1S/C33H49N9O6/c1-31(2,3)48-30(45)35-18-20-47-32(4,5)16-19-46-33(6,7)22-37-26(43)12-10-13-27(44)38-23-14-15-25(36-21-23)29-41-39-28(40-42-29)24-11-8-9-17-34-24/h8-9,11,14-15,17,21,28-29H,10,12-13,16,18-20,22H2,1-7H3,(H,35,45)(H,37,43)(H,38,44). The number of hydrogen-bond acceptors (Lipinski definition) is 12. The van der Waals surface area contributed by atoms with E-state index >= 15 is 0 Å². The zero-order valence-electron chi connectivity index (χ0n) is 29.0. The number of pyridine rings is 2. The quantitative estimate of drug-likeness (QED) is 0.176. The molecule has 1 aliphatic heterocycles. The van der Waals surface area contributed by atoms with Crippen molar-refractivity contribution in [3.63, 3.8) is 0 Å². The van der Waals surface area contributed by atoms with E-state index in [0.29, 0.717) is 56.2 Å². The summed E-state index contributed by atoms with van der Waals surface area (Å²) in [7, 11) is 0. The first-order chi connectivity index (χ1) is 22.6. The molecule has 15 nitrogen and oxygen atoms in total. The average molecular weight is 668 g/mol. The number of azo groups is 2. The van der Waals surface area contributed by atoms with Crippen LogP contribution in [0.3, 0.4) is 0 Å². The molecule has 2 aromatic rings. The van der Waals surface area contributed by atoms with Crippen LogP contribution in [0.15, 0.2) is 63.2 Å². The molecule has 1 aliphatic rings. The topological polar surface area (TPSA) is 190 Å². The Bertz CT molecular complexity index is 1380. The van der Waals surface area contributed by atoms with Crippen molar-refractivity contribution in [2.24, 2.45) is 20.5 Å². The summed E-state index contributed by atoms with van der Waals surface area (Å²) >= 11 is 0. The molecule has 0 spiro atoms. The van der Waals surface area contributed by atoms with E-state index in [1.54, 1.807) is 18.3 Å². The zero-order valence-corrected chi connectivity index (χ0v) is 29.0. The highest BCUT2D eigenvalue weighted by molar-refractivity contribution is 5.90. The van der Waals surface area contributed by atoms with Crippen LogP contribution in [0.25, 0.3) is 0 Å². The van der Waals surface area contributed by atoms with Gasteiger partial charge in [0, 0.05) is 32.1 Å². The number of carbonyl (C=O) groups excluding carboxylic acids is 3. The Labute approximate surface area is 282 Å². The molecular weight excluding hydrogens is 618 g/mol. The third-order valence-electron chi connectivity index (χ3n) is 6.84. The Balaban J connectivity index is 1.27. The van der Waals surface area contributed by atoms with Crippen molar-refractivity contribution in [2.45, 2.75) is 103 Å². The van der Waals surface area contributed by atoms with Gasteiger partial charge in [0.05, 0.1) is 47.7 Å². The highest BCUT2D eigenvalue weighted by atomic mass is 16.6. The van der Waals surface area contributed by atoms with Crippen molar-refractivity contribution in [3.05, 3.63) is 54.1 Å². The molecule has 262 valence electrons. The van der Waals surface area contributed by atoms with Crippen molar-refractivity contribution >= 4 is 23.6 Å². The summed E-state index contributed by atoms with van der Waals surface area (Å²) in [5.74, 6) is -0.380. The number of carbonyl (C=O) groups is 3. The van der Waals surface area contributed by atoms with Crippen LogP contribution >= 0.6 is 0 Å². The number of ether oxygens (including phenoxy) is 3. The Hall–Kier alpha value is -4.37. The smallest absolute Gasteiger partial charge is 0.407 e. The van der Waals surface area contributed by atoms with Gasteiger partial charge in [-0.2, -0.15) is 20.5 Å². The fraction of sp³-hybridized carbons (Fsp3) is 0.606. The molecular formula is C33H49N9O6. The van der Waals surface area contributed by atoms with Crippen LogP contribution in [0.4, 0.5) is 10.5 Å². The second-order valence-electron chi connectivity index (χ2n) is 13.5.